The van der Waals surface area contributed by atoms with Crippen LogP contribution in [0, 0.1) is 11.8 Å². The number of nitrogens with zero attached hydrogens (tertiary/aromatic N) is 1. The number of nitrogens with one attached hydrogen (secondary N) is 8. The van der Waals surface area contributed by atoms with Crippen molar-refractivity contribution in [2.45, 2.75) is 99.9 Å². The number of carbonyl (C=O) groups excluding carboxylic acids is 8. The highest BCUT2D eigenvalue weighted by Gasteiger charge is 2.45. The molecule has 2 bridgehead atoms. The largest absolute Gasteiger partial charge is 0.508 e. The maximum atomic E-state index is 14.6. The van der Waals surface area contributed by atoms with Gasteiger partial charge in [-0.05, 0) is 23.6 Å². The van der Waals surface area contributed by atoms with Crippen LogP contribution < -0.4 is 37.2 Å². The lowest BCUT2D eigenvalue weighted by molar-refractivity contribution is -0.146. The topological polar surface area (TPSA) is 392 Å². The number of aliphatic hydroxyl groups excluding tert-OH is 3. The average Bonchev–Trinajstić information content (AvgIpc) is 3.83. The lowest BCUT2D eigenvalue weighted by atomic mass is 9.93. The van der Waals surface area contributed by atoms with Gasteiger partial charge in [0.1, 0.15) is 47.0 Å². The molecule has 25 nitrogen and oxygen atoms in total. The number of aromatic amines is 1. The maximum Gasteiger partial charge on any atom is 0.305 e. The predicted octanol–water partition coefficient (Wildman–Crippen LogP) is -5.65. The van der Waals surface area contributed by atoms with E-state index < -0.39 is 180 Å². The number of phenols is 1. The Morgan fingerprint density at radius 1 is 0.846 bits per heavy atom. The maximum absolute atomic E-state index is 14.6. The van der Waals surface area contributed by atoms with Crippen LogP contribution in [0.3, 0.4) is 0 Å². The van der Waals surface area contributed by atoms with E-state index in [2.05, 4.69) is 42.2 Å². The van der Waals surface area contributed by atoms with Crippen molar-refractivity contribution in [3.8, 4) is 5.75 Å². The number of phenolic OH excluding ortho intramolecular Hbond substituents is 1. The van der Waals surface area contributed by atoms with Gasteiger partial charge in [-0.25, -0.2) is 8.42 Å². The monoisotopic (exact) mass is 935 g/mol. The van der Waals surface area contributed by atoms with Crippen LogP contribution in [0.1, 0.15) is 45.6 Å². The Morgan fingerprint density at radius 2 is 1.51 bits per heavy atom. The highest BCUT2D eigenvalue weighted by molar-refractivity contribution is 7.91. The minimum atomic E-state index is -4.95. The fraction of sp³-hybridized carbons (Fsp3) is 0.564. The number of aromatic nitrogens is 1. The number of aromatic hydroxyl groups is 1. The van der Waals surface area contributed by atoms with Crippen LogP contribution in [0.5, 0.6) is 5.75 Å². The van der Waals surface area contributed by atoms with E-state index in [9.17, 15) is 77.1 Å². The van der Waals surface area contributed by atoms with Gasteiger partial charge in [-0.15, -0.1) is 0 Å². The number of aliphatic hydroxyl groups is 3. The molecule has 26 heteroatoms. The molecule has 13 N–H and O–H groups in total. The first-order chi connectivity index (χ1) is 30.5. The molecule has 65 heavy (non-hydrogen) atoms. The Balaban J connectivity index is 1.77. The lowest BCUT2D eigenvalue weighted by Crippen LogP contribution is -2.62. The number of fused-ring (bicyclic) bond motifs is 5. The van der Waals surface area contributed by atoms with Gasteiger partial charge in [0, 0.05) is 36.8 Å². The minimum absolute atomic E-state index is 0.0382. The number of hydrogen-bond acceptors (Lipinski definition) is 15. The van der Waals surface area contributed by atoms with Crippen LogP contribution in [0.25, 0.3) is 10.9 Å². The molecule has 0 spiro atoms. The summed E-state index contributed by atoms with van der Waals surface area (Å²) in [6.07, 6.45) is -5.19. The van der Waals surface area contributed by atoms with Crippen LogP contribution in [-0.4, -0.2) is 178 Å². The molecule has 10 atom stereocenters. The standard InChI is InChI=1S/C39H53N9O16S/c1-4-16(2)31-36(60)41-11-28(53)42-25-15-65(63,64)38-21(20-6-5-18(50)7-22(20)45-38)9-23(33(57)40-12-29(54)46-31)43-37(61)32(17(3)27(52)14-49)47-35(59)26-8-19(51)13-48(26)39(62)24(10-30(55)56)44-34(25)58/h5-7,16-17,19,23-27,31-32,45,49-52H,4,8-15H2,1-3H3,(H,40,57)(H,41,60)(H,42,53)(H,43,61)(H,44,58)(H,46,54)(H,47,59)(H,55,56)/t16-,17-,19+,23-,24-,25?,26-,27-,31-,32-/m0/s1. The Bertz CT molecular complexity index is 2340. The molecule has 1 saturated heterocycles. The van der Waals surface area contributed by atoms with Crippen molar-refractivity contribution in [1.82, 2.24) is 47.1 Å². The summed E-state index contributed by atoms with van der Waals surface area (Å²) in [6.45, 7) is 1.29. The van der Waals surface area contributed by atoms with Gasteiger partial charge in [0.25, 0.3) is 0 Å². The third-order valence-electron chi connectivity index (χ3n) is 11.7. The van der Waals surface area contributed by atoms with E-state index in [-0.39, 0.29) is 22.2 Å². The van der Waals surface area contributed by atoms with Gasteiger partial charge < -0.3 is 72.6 Å². The van der Waals surface area contributed by atoms with Crippen molar-refractivity contribution in [2.75, 3.05) is 32.0 Å². The van der Waals surface area contributed by atoms with Crippen molar-refractivity contribution in [3.63, 3.8) is 0 Å². The second-order valence-electron chi connectivity index (χ2n) is 16.3. The number of carboxylic acids is 1. The van der Waals surface area contributed by atoms with Gasteiger partial charge in [-0.3, -0.25) is 43.2 Å². The number of rotatable bonds is 7. The second kappa shape index (κ2) is 20.6. The van der Waals surface area contributed by atoms with Crippen molar-refractivity contribution in [2.24, 2.45) is 11.8 Å². The third kappa shape index (κ3) is 11.7. The summed E-state index contributed by atoms with van der Waals surface area (Å²) in [6, 6.07) is -7.37. The molecular formula is C39H53N9O16S. The first kappa shape index (κ1) is 49.6. The average molecular weight is 936 g/mol. The number of sulfone groups is 1. The van der Waals surface area contributed by atoms with Crippen molar-refractivity contribution >= 4 is 74.0 Å². The van der Waals surface area contributed by atoms with Crippen LogP contribution >= 0.6 is 0 Å². The first-order valence-corrected chi connectivity index (χ1v) is 22.3. The molecule has 0 saturated carbocycles. The van der Waals surface area contributed by atoms with E-state index in [1.807, 2.05) is 0 Å². The van der Waals surface area contributed by atoms with E-state index >= 15 is 0 Å². The van der Waals surface area contributed by atoms with Gasteiger partial charge in [-0.2, -0.15) is 0 Å². The van der Waals surface area contributed by atoms with Gasteiger partial charge in [0.05, 0.1) is 49.6 Å². The fourth-order valence-electron chi connectivity index (χ4n) is 7.81. The van der Waals surface area contributed by atoms with E-state index in [1.165, 1.54) is 19.1 Å². The number of aliphatic carboxylic acids is 1. The van der Waals surface area contributed by atoms with Crippen LogP contribution in [0.2, 0.25) is 0 Å². The number of carbonyl (C=O) groups is 9. The van der Waals surface area contributed by atoms with Crippen LogP contribution in [0.15, 0.2) is 23.2 Å². The van der Waals surface area contributed by atoms with Crippen molar-refractivity contribution in [1.29, 1.82) is 0 Å². The zero-order valence-corrected chi connectivity index (χ0v) is 36.3. The van der Waals surface area contributed by atoms with Crippen molar-refractivity contribution in [3.05, 3.63) is 23.8 Å². The summed E-state index contributed by atoms with van der Waals surface area (Å²) in [5.41, 5.74) is -0.274. The fourth-order valence-corrected chi connectivity index (χ4v) is 9.49. The molecule has 5 rings (SSSR count). The smallest absolute Gasteiger partial charge is 0.305 e. The summed E-state index contributed by atoms with van der Waals surface area (Å²) in [5, 5.41) is 67.0. The number of H-pyrrole nitrogens is 1. The SMILES string of the molecule is CC[C@H](C)[C@@H]1NC(=O)CNC(=O)[C@@H]2Cc3c([nH]c4cc(O)ccc34)S(=O)(=O)CC(NC(=O)CNC1=O)C(=O)N[C@@H](CC(=O)O)C(=O)N1C[C@H](O)C[C@H]1C(=O)N[C@@H]([C@@H](C)[C@@H](O)CO)C(=O)N2. The molecule has 0 aliphatic carbocycles. The van der Waals surface area contributed by atoms with E-state index in [0.29, 0.717) is 6.42 Å². The number of benzene rings is 1. The van der Waals surface area contributed by atoms with E-state index in [4.69, 9.17) is 0 Å². The highest BCUT2D eigenvalue weighted by Crippen LogP contribution is 2.31. The van der Waals surface area contributed by atoms with Crippen LogP contribution in [-0.2, 0) is 59.4 Å². The zero-order chi connectivity index (χ0) is 48.1. The number of amides is 8. The van der Waals surface area contributed by atoms with Gasteiger partial charge in [0.2, 0.25) is 47.3 Å². The molecule has 1 aromatic carbocycles. The molecule has 1 aromatic heterocycles. The molecular weight excluding hydrogens is 883 g/mol. The minimum Gasteiger partial charge on any atom is -0.508 e. The van der Waals surface area contributed by atoms with Gasteiger partial charge >= 0.3 is 5.97 Å². The Hall–Kier alpha value is -6.38. The van der Waals surface area contributed by atoms with Crippen molar-refractivity contribution < 1.29 is 77.1 Å². The first-order valence-electron chi connectivity index (χ1n) is 20.7. The molecule has 2 aromatic rings. The zero-order valence-electron chi connectivity index (χ0n) is 35.5. The Labute approximate surface area is 370 Å². The highest BCUT2D eigenvalue weighted by atomic mass is 32.2. The number of hydrogen-bond donors (Lipinski definition) is 13. The van der Waals surface area contributed by atoms with E-state index in [1.54, 1.807) is 13.8 Å². The molecule has 8 amide bonds. The van der Waals surface area contributed by atoms with Gasteiger partial charge in [-0.1, -0.05) is 27.2 Å². The molecule has 3 aliphatic heterocycles. The molecule has 3 aliphatic rings. The molecule has 1 unspecified atom stereocenters. The van der Waals surface area contributed by atoms with Crippen LogP contribution in [0.4, 0.5) is 0 Å². The second-order valence-corrected chi connectivity index (χ2v) is 18.3. The van der Waals surface area contributed by atoms with Gasteiger partial charge in [0.15, 0.2) is 9.84 Å². The predicted molar refractivity (Wildman–Crippen MR) is 221 cm³/mol. The Morgan fingerprint density at radius 3 is 2.15 bits per heavy atom. The Kier molecular flexibility index (Phi) is 15.8. The number of carboxylic acid groups (broad SMARTS) is 1. The summed E-state index contributed by atoms with van der Waals surface area (Å²) < 4.78 is 29.2. The summed E-state index contributed by atoms with van der Waals surface area (Å²) in [5.74, 6) is -14.4. The quantitative estimate of drug-likeness (QED) is 0.123. The molecule has 1 fully saturated rings. The normalized spacial score (nSPS) is 27.9. The third-order valence-corrected chi connectivity index (χ3v) is 13.4. The molecule has 356 valence electrons. The summed E-state index contributed by atoms with van der Waals surface area (Å²) in [7, 11) is -4.95. The molecule has 4 heterocycles. The summed E-state index contributed by atoms with van der Waals surface area (Å²) >= 11 is 0. The van der Waals surface area contributed by atoms with E-state index in [0.717, 1.165) is 11.0 Å². The lowest BCUT2D eigenvalue weighted by Gasteiger charge is -2.32. The molecule has 0 radical (unpaired) electrons. The summed E-state index contributed by atoms with van der Waals surface area (Å²) in [4.78, 5) is 127.